The van der Waals surface area contributed by atoms with Crippen LogP contribution >= 0.6 is 23.1 Å². The number of nitrogen functional groups attached to an aromatic ring is 1. The van der Waals surface area contributed by atoms with Crippen molar-refractivity contribution >= 4 is 44.9 Å². The molecule has 0 aromatic carbocycles. The molecule has 2 N–H and O–H groups in total. The third-order valence-electron chi connectivity index (χ3n) is 4.86. The second-order valence-electron chi connectivity index (χ2n) is 7.66. The molecule has 0 radical (unpaired) electrons. The molecule has 0 aliphatic heterocycles. The fourth-order valence-corrected chi connectivity index (χ4v) is 5.35. The number of Topliss-reactive ketones (excluding diaryl/α,β-unsaturated/α-hetero) is 1. The molecule has 0 unspecified atom stereocenters. The molecule has 0 atom stereocenters. The van der Waals surface area contributed by atoms with E-state index in [-0.39, 0.29) is 23.1 Å². The molecular formula is C20H25N5O3S2. The Morgan fingerprint density at radius 3 is 2.50 bits per heavy atom. The van der Waals surface area contributed by atoms with E-state index < -0.39 is 17.0 Å². The van der Waals surface area contributed by atoms with Crippen molar-refractivity contribution in [2.45, 2.75) is 46.2 Å². The van der Waals surface area contributed by atoms with Gasteiger partial charge in [0.15, 0.2) is 5.78 Å². The predicted octanol–water partition coefficient (Wildman–Crippen LogP) is 2.69. The summed E-state index contributed by atoms with van der Waals surface area (Å²) in [4.78, 5) is 49.1. The molecule has 0 spiro atoms. The van der Waals surface area contributed by atoms with Gasteiger partial charge in [0.2, 0.25) is 0 Å². The monoisotopic (exact) mass is 447 g/mol. The standard InChI is InChI=1S/C20H25N5O3S2/c1-9(2)7-25-16(21)15(19(27)24(6)20(25)28)13(26)8-29-17-14-10(3)11(4)30-18(14)23-12(5)22-17/h9H,7-8,21H2,1-6H3. The molecule has 3 aromatic rings. The molecular weight excluding hydrogens is 422 g/mol. The Morgan fingerprint density at radius 2 is 1.87 bits per heavy atom. The molecule has 10 heteroatoms. The second kappa shape index (κ2) is 8.35. The number of aryl methyl sites for hydroxylation is 3. The number of ketones is 1. The molecule has 0 aliphatic carbocycles. The number of nitrogens with two attached hydrogens (primary N) is 1. The highest BCUT2D eigenvalue weighted by Gasteiger charge is 2.23. The van der Waals surface area contributed by atoms with Crippen molar-refractivity contribution in [1.29, 1.82) is 0 Å². The lowest BCUT2D eigenvalue weighted by Gasteiger charge is -2.16. The van der Waals surface area contributed by atoms with E-state index in [9.17, 15) is 14.4 Å². The van der Waals surface area contributed by atoms with Crippen LogP contribution in [0.4, 0.5) is 5.82 Å². The molecule has 0 amide bonds. The van der Waals surface area contributed by atoms with Crippen molar-refractivity contribution in [2.24, 2.45) is 13.0 Å². The first-order valence-corrected chi connectivity index (χ1v) is 11.3. The van der Waals surface area contributed by atoms with Gasteiger partial charge < -0.3 is 5.73 Å². The van der Waals surface area contributed by atoms with Crippen LogP contribution in [0.2, 0.25) is 0 Å². The second-order valence-corrected chi connectivity index (χ2v) is 9.83. The number of anilines is 1. The zero-order valence-corrected chi connectivity index (χ0v) is 19.5. The van der Waals surface area contributed by atoms with Crippen LogP contribution in [0.15, 0.2) is 14.6 Å². The van der Waals surface area contributed by atoms with Crippen LogP contribution in [0, 0.1) is 26.7 Å². The minimum absolute atomic E-state index is 0.0147. The quantitative estimate of drug-likeness (QED) is 0.351. The van der Waals surface area contributed by atoms with Crippen molar-refractivity contribution in [3.8, 4) is 0 Å². The van der Waals surface area contributed by atoms with E-state index in [4.69, 9.17) is 5.73 Å². The zero-order valence-electron chi connectivity index (χ0n) is 17.9. The van der Waals surface area contributed by atoms with Gasteiger partial charge in [0.25, 0.3) is 5.56 Å². The van der Waals surface area contributed by atoms with Gasteiger partial charge in [-0.3, -0.25) is 18.7 Å². The highest BCUT2D eigenvalue weighted by Crippen LogP contribution is 2.35. The Balaban J connectivity index is 2.00. The maximum Gasteiger partial charge on any atom is 0.332 e. The third-order valence-corrected chi connectivity index (χ3v) is 6.93. The van der Waals surface area contributed by atoms with E-state index in [1.807, 2.05) is 34.6 Å². The van der Waals surface area contributed by atoms with Crippen molar-refractivity contribution < 1.29 is 4.79 Å². The number of rotatable bonds is 6. The number of aromatic nitrogens is 4. The number of carbonyl (C=O) groups is 1. The first-order valence-electron chi connectivity index (χ1n) is 9.52. The topological polar surface area (TPSA) is 113 Å². The van der Waals surface area contributed by atoms with E-state index >= 15 is 0 Å². The molecule has 160 valence electrons. The highest BCUT2D eigenvalue weighted by atomic mass is 32.2. The Labute approximate surface area is 182 Å². The van der Waals surface area contributed by atoms with Crippen LogP contribution in [0.25, 0.3) is 10.2 Å². The van der Waals surface area contributed by atoms with Gasteiger partial charge >= 0.3 is 5.69 Å². The highest BCUT2D eigenvalue weighted by molar-refractivity contribution is 8.00. The molecule has 0 fully saturated rings. The fourth-order valence-electron chi connectivity index (χ4n) is 3.21. The summed E-state index contributed by atoms with van der Waals surface area (Å²) in [5.41, 5.74) is 5.86. The number of nitrogens with zero attached hydrogens (tertiary/aromatic N) is 4. The number of fused-ring (bicyclic) bond motifs is 1. The van der Waals surface area contributed by atoms with E-state index in [0.717, 1.165) is 25.2 Å². The number of thioether (sulfide) groups is 1. The molecule has 0 bridgehead atoms. The summed E-state index contributed by atoms with van der Waals surface area (Å²) < 4.78 is 2.24. The van der Waals surface area contributed by atoms with E-state index in [0.29, 0.717) is 17.4 Å². The Hall–Kier alpha value is -2.46. The Bertz CT molecular complexity index is 1270. The number of hydrogen-bond acceptors (Lipinski definition) is 8. The summed E-state index contributed by atoms with van der Waals surface area (Å²) >= 11 is 2.85. The minimum atomic E-state index is -0.672. The smallest absolute Gasteiger partial charge is 0.332 e. The van der Waals surface area contributed by atoms with Gasteiger partial charge in [-0.2, -0.15) is 0 Å². The maximum absolute atomic E-state index is 13.0. The molecule has 8 nitrogen and oxygen atoms in total. The zero-order chi connectivity index (χ0) is 22.3. The van der Waals surface area contributed by atoms with Gasteiger partial charge in [-0.05, 0) is 32.3 Å². The molecule has 30 heavy (non-hydrogen) atoms. The Kier molecular flexibility index (Phi) is 6.19. The van der Waals surface area contributed by atoms with Crippen LogP contribution in [0.1, 0.15) is 40.5 Å². The van der Waals surface area contributed by atoms with Gasteiger partial charge in [-0.15, -0.1) is 11.3 Å². The molecule has 0 saturated heterocycles. The van der Waals surface area contributed by atoms with E-state index in [1.54, 1.807) is 11.3 Å². The van der Waals surface area contributed by atoms with Gasteiger partial charge in [0.05, 0.1) is 5.75 Å². The third kappa shape index (κ3) is 3.93. The van der Waals surface area contributed by atoms with Crippen LogP contribution < -0.4 is 17.0 Å². The summed E-state index contributed by atoms with van der Waals surface area (Å²) in [6, 6.07) is 0. The van der Waals surface area contributed by atoms with Crippen LogP contribution in [-0.4, -0.2) is 30.6 Å². The van der Waals surface area contributed by atoms with Crippen molar-refractivity contribution in [2.75, 3.05) is 11.5 Å². The summed E-state index contributed by atoms with van der Waals surface area (Å²) in [6.07, 6.45) is 0. The average Bonchev–Trinajstić information content (AvgIpc) is 2.95. The number of carbonyl (C=O) groups excluding carboxylic acids is 1. The van der Waals surface area contributed by atoms with Gasteiger partial charge in [0.1, 0.15) is 27.1 Å². The molecule has 3 heterocycles. The first-order chi connectivity index (χ1) is 14.0. The fraction of sp³-hybridized carbons (Fsp3) is 0.450. The summed E-state index contributed by atoms with van der Waals surface area (Å²) in [6.45, 7) is 10.0. The lowest BCUT2D eigenvalue weighted by Crippen LogP contribution is -2.43. The lowest BCUT2D eigenvalue weighted by molar-refractivity contribution is 0.102. The van der Waals surface area contributed by atoms with E-state index in [1.165, 1.54) is 23.4 Å². The maximum atomic E-state index is 13.0. The Morgan fingerprint density at radius 1 is 1.20 bits per heavy atom. The number of hydrogen-bond donors (Lipinski definition) is 1. The van der Waals surface area contributed by atoms with Gasteiger partial charge in [-0.1, -0.05) is 25.6 Å². The predicted molar refractivity (Wildman–Crippen MR) is 122 cm³/mol. The summed E-state index contributed by atoms with van der Waals surface area (Å²) in [7, 11) is 1.36. The normalized spacial score (nSPS) is 11.6. The van der Waals surface area contributed by atoms with Crippen molar-refractivity contribution in [1.82, 2.24) is 19.1 Å². The minimum Gasteiger partial charge on any atom is -0.384 e. The van der Waals surface area contributed by atoms with Crippen LogP contribution in [-0.2, 0) is 13.6 Å². The molecule has 3 aromatic heterocycles. The average molecular weight is 448 g/mol. The van der Waals surface area contributed by atoms with E-state index in [2.05, 4.69) is 9.97 Å². The lowest BCUT2D eigenvalue weighted by atomic mass is 10.2. The summed E-state index contributed by atoms with van der Waals surface area (Å²) in [5, 5.41) is 1.64. The summed E-state index contributed by atoms with van der Waals surface area (Å²) in [5.74, 6) is 0.235. The largest absolute Gasteiger partial charge is 0.384 e. The SMILES string of the molecule is Cc1nc(SCC(=O)c2c(N)n(CC(C)C)c(=O)n(C)c2=O)c2c(C)c(C)sc2n1. The molecule has 0 aliphatic rings. The molecule has 3 rings (SSSR count). The van der Waals surface area contributed by atoms with Gasteiger partial charge in [-0.25, -0.2) is 14.8 Å². The molecule has 0 saturated carbocycles. The van der Waals surface area contributed by atoms with Crippen LogP contribution in [0.3, 0.4) is 0 Å². The van der Waals surface area contributed by atoms with Crippen molar-refractivity contribution in [3.05, 3.63) is 42.7 Å². The van der Waals surface area contributed by atoms with Crippen molar-refractivity contribution in [3.63, 3.8) is 0 Å². The van der Waals surface area contributed by atoms with Gasteiger partial charge in [0, 0.05) is 23.9 Å². The first kappa shape index (κ1) is 22.2. The van der Waals surface area contributed by atoms with Crippen LogP contribution in [0.5, 0.6) is 0 Å². The number of thiophene rings is 1.